The van der Waals surface area contributed by atoms with Crippen LogP contribution in [0.15, 0.2) is 76.8 Å². The van der Waals surface area contributed by atoms with E-state index in [0.29, 0.717) is 34.2 Å². The first-order valence-corrected chi connectivity index (χ1v) is 12.1. The van der Waals surface area contributed by atoms with Crippen LogP contribution in [0.5, 0.6) is 0 Å². The Morgan fingerprint density at radius 2 is 1.85 bits per heavy atom. The summed E-state index contributed by atoms with van der Waals surface area (Å²) in [5.74, 6) is 0. The van der Waals surface area contributed by atoms with Crippen molar-refractivity contribution >= 4 is 34.6 Å². The van der Waals surface area contributed by atoms with E-state index in [-0.39, 0.29) is 5.56 Å². The van der Waals surface area contributed by atoms with E-state index in [1.807, 2.05) is 48.7 Å². The number of rotatable bonds is 5. The van der Waals surface area contributed by atoms with Gasteiger partial charge in [0.05, 0.1) is 5.69 Å². The molecule has 2 aromatic heterocycles. The molecule has 4 aromatic rings. The van der Waals surface area contributed by atoms with Gasteiger partial charge in [0, 0.05) is 29.3 Å². The van der Waals surface area contributed by atoms with Crippen LogP contribution in [0, 0.1) is 0 Å². The lowest BCUT2D eigenvalue weighted by molar-refractivity contribution is 0.0636. The minimum absolute atomic E-state index is 0.170. The van der Waals surface area contributed by atoms with Gasteiger partial charge in [0.2, 0.25) is 0 Å². The number of anilines is 1. The summed E-state index contributed by atoms with van der Waals surface area (Å²) >= 11 is 1.41. The molecule has 0 aliphatic rings. The van der Waals surface area contributed by atoms with Gasteiger partial charge < -0.3 is 4.74 Å². The summed E-state index contributed by atoms with van der Waals surface area (Å²) in [6.07, 6.45) is 3.54. The Kier molecular flexibility index (Phi) is 6.70. The molecular formula is C26H26N4O3S. The summed E-state index contributed by atoms with van der Waals surface area (Å²) in [5.41, 5.74) is 2.49. The van der Waals surface area contributed by atoms with Gasteiger partial charge in [-0.3, -0.25) is 14.7 Å². The second-order valence-electron chi connectivity index (χ2n) is 8.79. The molecule has 34 heavy (non-hydrogen) atoms. The number of amides is 1. The van der Waals surface area contributed by atoms with Gasteiger partial charge in [-0.15, -0.1) is 0 Å². The number of fused-ring (bicyclic) bond motifs is 1. The normalized spacial score (nSPS) is 11.4. The number of nitrogens with zero attached hydrogens (tertiary/aromatic N) is 3. The monoisotopic (exact) mass is 474 g/mol. The number of ether oxygens (including phenoxy) is 1. The van der Waals surface area contributed by atoms with Gasteiger partial charge >= 0.3 is 6.09 Å². The molecule has 174 valence electrons. The highest BCUT2D eigenvalue weighted by Gasteiger charge is 2.18. The molecule has 0 aliphatic carbocycles. The lowest BCUT2D eigenvalue weighted by Gasteiger charge is -2.20. The van der Waals surface area contributed by atoms with Crippen molar-refractivity contribution in [2.45, 2.75) is 37.9 Å². The molecule has 0 radical (unpaired) electrons. The number of thioether (sulfide) groups is 1. The zero-order valence-corrected chi connectivity index (χ0v) is 20.3. The zero-order chi connectivity index (χ0) is 24.3. The molecule has 1 amide bonds. The van der Waals surface area contributed by atoms with Crippen molar-refractivity contribution in [2.75, 3.05) is 11.6 Å². The quantitative estimate of drug-likeness (QED) is 0.306. The van der Waals surface area contributed by atoms with E-state index in [9.17, 15) is 9.59 Å². The number of nitrogens with one attached hydrogen (secondary N) is 1. The van der Waals surface area contributed by atoms with Crippen LogP contribution in [0.3, 0.4) is 0 Å². The standard InChI is InChI=1S/C26H26N4O3S/c1-26(2,3)33-25(32)28-20-11-8-12-21(15-20)30-22-19(16-27-24(29-22)34-4)14-18(23(30)31)13-17-9-6-5-7-10-17/h5-12,14-16H,13H2,1-4H3,(H,28,32). The van der Waals surface area contributed by atoms with Crippen LogP contribution in [0.25, 0.3) is 16.7 Å². The minimum atomic E-state index is -0.619. The van der Waals surface area contributed by atoms with E-state index in [1.54, 1.807) is 49.7 Å². The molecule has 0 spiro atoms. The second-order valence-corrected chi connectivity index (χ2v) is 9.56. The molecule has 1 N–H and O–H groups in total. The van der Waals surface area contributed by atoms with Gasteiger partial charge in [0.1, 0.15) is 5.60 Å². The fraction of sp³-hybridized carbons (Fsp3) is 0.231. The van der Waals surface area contributed by atoms with E-state index in [0.717, 1.165) is 10.9 Å². The molecule has 4 rings (SSSR count). The molecule has 2 aromatic carbocycles. The van der Waals surface area contributed by atoms with Crippen molar-refractivity contribution < 1.29 is 9.53 Å². The van der Waals surface area contributed by atoms with Crippen molar-refractivity contribution in [2.24, 2.45) is 0 Å². The third-order valence-electron chi connectivity index (χ3n) is 4.96. The Labute approximate surface area is 202 Å². The summed E-state index contributed by atoms with van der Waals surface area (Å²) < 4.78 is 6.93. The molecule has 0 saturated carbocycles. The molecule has 7 nitrogen and oxygen atoms in total. The Hall–Kier alpha value is -3.65. The Morgan fingerprint density at radius 1 is 1.09 bits per heavy atom. The van der Waals surface area contributed by atoms with E-state index < -0.39 is 11.7 Å². The van der Waals surface area contributed by atoms with Crippen LogP contribution in [-0.2, 0) is 11.2 Å². The van der Waals surface area contributed by atoms with Gasteiger partial charge in [-0.2, -0.15) is 0 Å². The lowest BCUT2D eigenvalue weighted by Crippen LogP contribution is -2.27. The van der Waals surface area contributed by atoms with Gasteiger partial charge in [-0.25, -0.2) is 14.8 Å². The molecule has 8 heteroatoms. The first kappa shape index (κ1) is 23.5. The average molecular weight is 475 g/mol. The third kappa shape index (κ3) is 5.46. The molecule has 0 bridgehead atoms. The van der Waals surface area contributed by atoms with Crippen molar-refractivity contribution in [3.8, 4) is 5.69 Å². The molecular weight excluding hydrogens is 448 g/mol. The van der Waals surface area contributed by atoms with Crippen molar-refractivity contribution in [3.63, 3.8) is 0 Å². The first-order valence-electron chi connectivity index (χ1n) is 10.8. The molecule has 0 unspecified atom stereocenters. The topological polar surface area (TPSA) is 86.1 Å². The molecule has 0 aliphatic heterocycles. The third-order valence-corrected chi connectivity index (χ3v) is 5.52. The molecule has 0 fully saturated rings. The largest absolute Gasteiger partial charge is 0.444 e. The predicted molar refractivity (Wildman–Crippen MR) is 136 cm³/mol. The fourth-order valence-corrected chi connectivity index (χ4v) is 3.90. The van der Waals surface area contributed by atoms with Gasteiger partial charge in [-0.1, -0.05) is 48.2 Å². The van der Waals surface area contributed by atoms with Gasteiger partial charge in [-0.05, 0) is 56.9 Å². The van der Waals surface area contributed by atoms with Gasteiger partial charge in [0.15, 0.2) is 10.8 Å². The number of pyridine rings is 1. The number of hydrogen-bond donors (Lipinski definition) is 1. The van der Waals surface area contributed by atoms with Crippen LogP contribution >= 0.6 is 11.8 Å². The molecule has 0 atom stereocenters. The average Bonchev–Trinajstić information content (AvgIpc) is 2.79. The maximum Gasteiger partial charge on any atom is 0.412 e. The molecule has 0 saturated heterocycles. The maximum atomic E-state index is 13.7. The van der Waals surface area contributed by atoms with E-state index in [1.165, 1.54) is 11.8 Å². The summed E-state index contributed by atoms with van der Waals surface area (Å²) in [5, 5.41) is 4.07. The SMILES string of the molecule is CSc1ncc2cc(Cc3ccccc3)c(=O)n(-c3cccc(NC(=O)OC(C)(C)C)c3)c2n1. The van der Waals surface area contributed by atoms with E-state index in [4.69, 9.17) is 4.74 Å². The highest BCUT2D eigenvalue weighted by atomic mass is 32.2. The van der Waals surface area contributed by atoms with Gasteiger partial charge in [0.25, 0.3) is 5.56 Å². The minimum Gasteiger partial charge on any atom is -0.444 e. The lowest BCUT2D eigenvalue weighted by atomic mass is 10.1. The highest BCUT2D eigenvalue weighted by molar-refractivity contribution is 7.98. The van der Waals surface area contributed by atoms with Crippen LogP contribution in [-0.4, -0.2) is 32.5 Å². The summed E-state index contributed by atoms with van der Waals surface area (Å²) in [6, 6.07) is 18.8. The van der Waals surface area contributed by atoms with Crippen LogP contribution in [0.1, 0.15) is 31.9 Å². The molecule has 2 heterocycles. The highest BCUT2D eigenvalue weighted by Crippen LogP contribution is 2.22. The summed E-state index contributed by atoms with van der Waals surface area (Å²) in [4.78, 5) is 35.0. The summed E-state index contributed by atoms with van der Waals surface area (Å²) in [6.45, 7) is 5.40. The Morgan fingerprint density at radius 3 is 2.56 bits per heavy atom. The Bertz CT molecular complexity index is 1400. The predicted octanol–water partition coefficient (Wildman–Crippen LogP) is 5.44. The Balaban J connectivity index is 1.83. The zero-order valence-electron chi connectivity index (χ0n) is 19.5. The number of carbonyl (C=O) groups is 1. The summed E-state index contributed by atoms with van der Waals surface area (Å²) in [7, 11) is 0. The van der Waals surface area contributed by atoms with Crippen LogP contribution in [0.2, 0.25) is 0 Å². The second kappa shape index (κ2) is 9.69. The number of carbonyl (C=O) groups excluding carboxylic acids is 1. The van der Waals surface area contributed by atoms with Crippen LogP contribution < -0.4 is 10.9 Å². The van der Waals surface area contributed by atoms with Crippen molar-refractivity contribution in [1.82, 2.24) is 14.5 Å². The number of aromatic nitrogens is 3. The van der Waals surface area contributed by atoms with Crippen molar-refractivity contribution in [3.05, 3.63) is 88.3 Å². The first-order chi connectivity index (χ1) is 16.2. The number of benzene rings is 2. The number of hydrogen-bond acceptors (Lipinski definition) is 6. The smallest absolute Gasteiger partial charge is 0.412 e. The van der Waals surface area contributed by atoms with Crippen LogP contribution in [0.4, 0.5) is 10.5 Å². The van der Waals surface area contributed by atoms with E-state index in [2.05, 4.69) is 15.3 Å². The maximum absolute atomic E-state index is 13.7. The van der Waals surface area contributed by atoms with E-state index >= 15 is 0 Å². The fourth-order valence-electron chi connectivity index (χ4n) is 3.56. The van der Waals surface area contributed by atoms with Crippen molar-refractivity contribution in [1.29, 1.82) is 0 Å².